The summed E-state index contributed by atoms with van der Waals surface area (Å²) in [4.78, 5) is 24.0. The molecule has 1 heterocycles. The molecule has 7 heteroatoms. The molecule has 4 saturated carbocycles. The van der Waals surface area contributed by atoms with E-state index >= 15 is 0 Å². The predicted octanol–water partition coefficient (Wildman–Crippen LogP) is 4.39. The van der Waals surface area contributed by atoms with Crippen molar-refractivity contribution in [3.8, 4) is 0 Å². The molecule has 1 saturated heterocycles. The fourth-order valence-corrected chi connectivity index (χ4v) is 5.69. The third-order valence-electron chi connectivity index (χ3n) is 8.18. The minimum absolute atomic E-state index is 0.0828. The Morgan fingerprint density at radius 1 is 0.939 bits per heavy atom. The lowest BCUT2D eigenvalue weighted by molar-refractivity contribution is -0.225. The molecule has 33 heavy (non-hydrogen) atoms. The van der Waals surface area contributed by atoms with Crippen molar-refractivity contribution in [2.24, 2.45) is 22.7 Å². The number of carbonyl (C=O) groups is 2. The second-order valence-electron chi connectivity index (χ2n) is 12.0. The summed E-state index contributed by atoms with van der Waals surface area (Å²) in [5, 5.41) is 10.6. The Balaban J connectivity index is 0.000000196. The van der Waals surface area contributed by atoms with Gasteiger partial charge in [0.1, 0.15) is 12.2 Å². The van der Waals surface area contributed by atoms with Gasteiger partial charge in [0.25, 0.3) is 0 Å². The summed E-state index contributed by atoms with van der Waals surface area (Å²) in [6, 6.07) is 0. The average Bonchev–Trinajstić information content (AvgIpc) is 2.72. The molecule has 7 nitrogen and oxygen atoms in total. The molecular formula is C26H44O7. The van der Waals surface area contributed by atoms with Crippen LogP contribution in [0.4, 0.5) is 0 Å². The summed E-state index contributed by atoms with van der Waals surface area (Å²) in [7, 11) is 0. The second kappa shape index (κ2) is 9.82. The van der Waals surface area contributed by atoms with Gasteiger partial charge in [-0.05, 0) is 84.5 Å². The van der Waals surface area contributed by atoms with E-state index < -0.39 is 22.7 Å². The fourth-order valence-electron chi connectivity index (χ4n) is 5.69. The molecule has 0 spiro atoms. The minimum atomic E-state index is -0.555. The molecule has 190 valence electrons. The Kier molecular flexibility index (Phi) is 7.87. The van der Waals surface area contributed by atoms with Gasteiger partial charge in [-0.25, -0.2) is 0 Å². The van der Waals surface area contributed by atoms with Gasteiger partial charge in [0.15, 0.2) is 0 Å². The maximum atomic E-state index is 12.4. The Morgan fingerprint density at radius 3 is 2.00 bits per heavy atom. The molecule has 3 atom stereocenters. The molecule has 0 aromatic heterocycles. The molecule has 3 unspecified atom stereocenters. The van der Waals surface area contributed by atoms with Crippen LogP contribution in [0.3, 0.4) is 0 Å². The SMILES string of the molecule is CCC(C)(C)C(=O)OC12CC3CC(CC(O)(C3)C1)C2.CCC(C)(C)C(=O)OC1COCCO1. The van der Waals surface area contributed by atoms with Crippen LogP contribution in [0.25, 0.3) is 0 Å². The first-order chi connectivity index (χ1) is 15.3. The van der Waals surface area contributed by atoms with Crippen LogP contribution in [0.15, 0.2) is 0 Å². The zero-order chi connectivity index (χ0) is 24.5. The van der Waals surface area contributed by atoms with Crippen molar-refractivity contribution >= 4 is 11.9 Å². The number of ether oxygens (including phenoxy) is 4. The van der Waals surface area contributed by atoms with Gasteiger partial charge >= 0.3 is 11.9 Å². The van der Waals surface area contributed by atoms with E-state index in [-0.39, 0.29) is 17.5 Å². The van der Waals surface area contributed by atoms with Crippen LogP contribution < -0.4 is 0 Å². The number of rotatable bonds is 6. The van der Waals surface area contributed by atoms with Gasteiger partial charge in [0.05, 0.1) is 29.6 Å². The van der Waals surface area contributed by atoms with Crippen molar-refractivity contribution < 1.29 is 33.6 Å². The number of aliphatic hydroxyl groups is 1. The molecule has 5 rings (SSSR count). The monoisotopic (exact) mass is 468 g/mol. The van der Waals surface area contributed by atoms with Crippen LogP contribution >= 0.6 is 0 Å². The maximum Gasteiger partial charge on any atom is 0.313 e. The van der Waals surface area contributed by atoms with E-state index in [4.69, 9.17) is 18.9 Å². The number of hydrogen-bond acceptors (Lipinski definition) is 7. The van der Waals surface area contributed by atoms with E-state index in [2.05, 4.69) is 0 Å². The van der Waals surface area contributed by atoms with E-state index in [9.17, 15) is 14.7 Å². The maximum absolute atomic E-state index is 12.4. The van der Waals surface area contributed by atoms with Gasteiger partial charge in [-0.1, -0.05) is 13.8 Å². The molecule has 0 aromatic carbocycles. The van der Waals surface area contributed by atoms with Gasteiger partial charge in [-0.3, -0.25) is 9.59 Å². The summed E-state index contributed by atoms with van der Waals surface area (Å²) in [6.07, 6.45) is 6.67. The lowest BCUT2D eigenvalue weighted by Gasteiger charge is -2.59. The normalized spacial score (nSPS) is 35.4. The lowest BCUT2D eigenvalue weighted by Crippen LogP contribution is -2.61. The highest BCUT2D eigenvalue weighted by molar-refractivity contribution is 5.76. The van der Waals surface area contributed by atoms with Crippen LogP contribution in [-0.2, 0) is 28.5 Å². The molecule has 0 radical (unpaired) electrons. The fraction of sp³-hybridized carbons (Fsp3) is 0.923. The van der Waals surface area contributed by atoms with E-state index in [0.717, 1.165) is 38.5 Å². The molecule has 5 aliphatic rings. The van der Waals surface area contributed by atoms with E-state index in [0.29, 0.717) is 38.1 Å². The van der Waals surface area contributed by atoms with Crippen molar-refractivity contribution in [1.29, 1.82) is 0 Å². The largest absolute Gasteiger partial charge is 0.459 e. The van der Waals surface area contributed by atoms with Gasteiger partial charge in [-0.15, -0.1) is 0 Å². The van der Waals surface area contributed by atoms with Gasteiger partial charge < -0.3 is 24.1 Å². The number of esters is 2. The first-order valence-corrected chi connectivity index (χ1v) is 12.7. The molecule has 5 fully saturated rings. The third kappa shape index (κ3) is 6.29. The highest BCUT2D eigenvalue weighted by Crippen LogP contribution is 2.59. The van der Waals surface area contributed by atoms with Crippen molar-refractivity contribution in [2.75, 3.05) is 19.8 Å². The smallest absolute Gasteiger partial charge is 0.313 e. The standard InChI is InChI=1S/C16H26O3.C10H18O4/c1-4-14(2,3)13(17)19-16-8-11-5-12(9-16)7-15(18,6-11)10-16;1-4-10(2,3)9(11)14-8-7-12-5-6-13-8/h11-12,18H,4-10H2,1-3H3;8H,4-7H2,1-3H3. The second-order valence-corrected chi connectivity index (χ2v) is 12.0. The highest BCUT2D eigenvalue weighted by Gasteiger charge is 2.59. The summed E-state index contributed by atoms with van der Waals surface area (Å²) in [5.41, 5.74) is -1.77. The molecule has 1 aliphatic heterocycles. The topological polar surface area (TPSA) is 91.3 Å². The summed E-state index contributed by atoms with van der Waals surface area (Å²) < 4.78 is 21.5. The van der Waals surface area contributed by atoms with E-state index in [1.807, 2.05) is 41.5 Å². The number of carbonyl (C=O) groups excluding carboxylic acids is 2. The average molecular weight is 469 g/mol. The summed E-state index contributed by atoms with van der Waals surface area (Å²) in [6.45, 7) is 13.0. The van der Waals surface area contributed by atoms with Gasteiger partial charge in [0.2, 0.25) is 6.29 Å². The number of hydrogen-bond donors (Lipinski definition) is 1. The van der Waals surface area contributed by atoms with E-state index in [1.165, 1.54) is 6.42 Å². The Labute approximate surface area is 198 Å². The molecule has 4 bridgehead atoms. The predicted molar refractivity (Wildman–Crippen MR) is 123 cm³/mol. The Morgan fingerprint density at radius 2 is 1.52 bits per heavy atom. The minimum Gasteiger partial charge on any atom is -0.459 e. The quantitative estimate of drug-likeness (QED) is 0.578. The van der Waals surface area contributed by atoms with Crippen LogP contribution in [0.2, 0.25) is 0 Å². The van der Waals surface area contributed by atoms with Crippen LogP contribution in [0, 0.1) is 22.7 Å². The molecule has 4 aliphatic carbocycles. The molecule has 1 N–H and O–H groups in total. The summed E-state index contributed by atoms with van der Waals surface area (Å²) in [5.74, 6) is 0.809. The van der Waals surface area contributed by atoms with Crippen LogP contribution in [0.1, 0.15) is 92.9 Å². The lowest BCUT2D eigenvalue weighted by atomic mass is 9.52. The van der Waals surface area contributed by atoms with Gasteiger partial charge in [0, 0.05) is 6.42 Å². The van der Waals surface area contributed by atoms with Crippen molar-refractivity contribution in [2.45, 2.75) is 110 Å². The molecular weight excluding hydrogens is 424 g/mol. The zero-order valence-corrected chi connectivity index (χ0v) is 21.4. The van der Waals surface area contributed by atoms with Crippen LogP contribution in [0.5, 0.6) is 0 Å². The van der Waals surface area contributed by atoms with Crippen molar-refractivity contribution in [1.82, 2.24) is 0 Å². The van der Waals surface area contributed by atoms with Crippen LogP contribution in [-0.4, -0.2) is 54.4 Å². The van der Waals surface area contributed by atoms with Gasteiger partial charge in [-0.2, -0.15) is 0 Å². The Hall–Kier alpha value is -1.18. The first kappa shape index (κ1) is 26.4. The molecule has 0 aromatic rings. The highest BCUT2D eigenvalue weighted by atomic mass is 16.7. The first-order valence-electron chi connectivity index (χ1n) is 12.7. The summed E-state index contributed by atoms with van der Waals surface area (Å²) >= 11 is 0. The van der Waals surface area contributed by atoms with Crippen molar-refractivity contribution in [3.63, 3.8) is 0 Å². The van der Waals surface area contributed by atoms with E-state index in [1.54, 1.807) is 0 Å². The van der Waals surface area contributed by atoms with Crippen molar-refractivity contribution in [3.05, 3.63) is 0 Å². The Bertz CT molecular complexity index is 693. The third-order valence-corrected chi connectivity index (χ3v) is 8.18. The molecule has 0 amide bonds. The zero-order valence-electron chi connectivity index (χ0n) is 21.4.